The number of aliphatic carboxylic acids is 1. The first-order valence-corrected chi connectivity index (χ1v) is 12.4. The van der Waals surface area contributed by atoms with E-state index in [9.17, 15) is 19.2 Å². The number of benzene rings is 1. The first-order chi connectivity index (χ1) is 16.7. The maximum absolute atomic E-state index is 15.1. The summed E-state index contributed by atoms with van der Waals surface area (Å²) in [7, 11) is 0. The van der Waals surface area contributed by atoms with Gasteiger partial charge in [0.1, 0.15) is 12.1 Å². The van der Waals surface area contributed by atoms with Crippen molar-refractivity contribution in [3.63, 3.8) is 0 Å². The summed E-state index contributed by atoms with van der Waals surface area (Å²) in [4.78, 5) is 48.9. The Morgan fingerprint density at radius 2 is 1.89 bits per heavy atom. The van der Waals surface area contributed by atoms with Gasteiger partial charge in [0, 0.05) is 38.0 Å². The van der Waals surface area contributed by atoms with Crippen LogP contribution in [0.5, 0.6) is 0 Å². The Morgan fingerprint density at radius 1 is 1.20 bits per heavy atom. The van der Waals surface area contributed by atoms with Crippen molar-refractivity contribution in [1.82, 2.24) is 9.24 Å². The number of carbonyl (C=O) groups is 2. The number of aromatic nitrogens is 2. The maximum Gasteiger partial charge on any atom is 0.350 e. The molecule has 0 radical (unpaired) electrons. The molecule has 0 aliphatic heterocycles. The van der Waals surface area contributed by atoms with Gasteiger partial charge in [0.25, 0.3) is 5.56 Å². The number of fused-ring (bicyclic) bond motifs is 1. The van der Waals surface area contributed by atoms with Crippen LogP contribution in [0.1, 0.15) is 77.7 Å². The van der Waals surface area contributed by atoms with Crippen LogP contribution in [-0.4, -0.2) is 45.7 Å². The van der Waals surface area contributed by atoms with Gasteiger partial charge in [0.05, 0.1) is 16.6 Å². The highest BCUT2D eigenvalue weighted by atomic mass is 19.1. The number of anilines is 1. The SMILES string of the molecule is CC(C)n1c(=O)n(N(CCCC=O)CCCC(=O)O)c(=O)c2cc(F)c(NC3CCCCC3)cc21. The Labute approximate surface area is 203 Å². The van der Waals surface area contributed by atoms with E-state index in [1.54, 1.807) is 6.07 Å². The van der Waals surface area contributed by atoms with Gasteiger partial charge >= 0.3 is 11.7 Å². The molecule has 0 bridgehead atoms. The van der Waals surface area contributed by atoms with Gasteiger partial charge in [-0.2, -0.15) is 4.68 Å². The summed E-state index contributed by atoms with van der Waals surface area (Å²) in [6.07, 6.45) is 6.68. The molecule has 1 aromatic carbocycles. The summed E-state index contributed by atoms with van der Waals surface area (Å²) in [5.74, 6) is -1.54. The number of hydrogen-bond acceptors (Lipinski definition) is 6. The van der Waals surface area contributed by atoms with Crippen LogP contribution in [0, 0.1) is 5.82 Å². The summed E-state index contributed by atoms with van der Waals surface area (Å²) < 4.78 is 17.6. The third-order valence-electron chi connectivity index (χ3n) is 6.46. The maximum atomic E-state index is 15.1. The van der Waals surface area contributed by atoms with Crippen LogP contribution in [0.2, 0.25) is 0 Å². The Hall–Kier alpha value is -3.17. The average Bonchev–Trinajstić information content (AvgIpc) is 2.80. The highest BCUT2D eigenvalue weighted by Gasteiger charge is 2.22. The Morgan fingerprint density at radius 3 is 2.51 bits per heavy atom. The minimum absolute atomic E-state index is 0.0728. The van der Waals surface area contributed by atoms with Crippen molar-refractivity contribution in [3.05, 3.63) is 38.8 Å². The number of nitrogens with one attached hydrogen (secondary N) is 1. The molecule has 0 atom stereocenters. The van der Waals surface area contributed by atoms with Crippen molar-refractivity contribution in [2.75, 3.05) is 23.4 Å². The van der Waals surface area contributed by atoms with Gasteiger partial charge in [-0.3, -0.25) is 14.2 Å². The number of carbonyl (C=O) groups excluding carboxylic acids is 1. The van der Waals surface area contributed by atoms with E-state index in [0.29, 0.717) is 11.9 Å². The molecule has 1 aromatic heterocycles. The average molecular weight is 491 g/mol. The second kappa shape index (κ2) is 12.0. The lowest BCUT2D eigenvalue weighted by Crippen LogP contribution is -2.53. The molecule has 35 heavy (non-hydrogen) atoms. The summed E-state index contributed by atoms with van der Waals surface area (Å²) in [6, 6.07) is 2.56. The van der Waals surface area contributed by atoms with Crippen molar-refractivity contribution in [1.29, 1.82) is 0 Å². The van der Waals surface area contributed by atoms with Crippen LogP contribution in [-0.2, 0) is 9.59 Å². The number of nitrogens with zero attached hydrogens (tertiary/aromatic N) is 3. The molecule has 2 aromatic rings. The summed E-state index contributed by atoms with van der Waals surface area (Å²) >= 11 is 0. The van der Waals surface area contributed by atoms with Crippen molar-refractivity contribution in [2.24, 2.45) is 0 Å². The molecule has 2 N–H and O–H groups in total. The van der Waals surface area contributed by atoms with Gasteiger partial charge in [-0.1, -0.05) is 19.3 Å². The van der Waals surface area contributed by atoms with Gasteiger partial charge in [-0.25, -0.2) is 9.18 Å². The minimum atomic E-state index is -0.983. The van der Waals surface area contributed by atoms with Gasteiger partial charge < -0.3 is 20.2 Å². The summed E-state index contributed by atoms with van der Waals surface area (Å²) in [5.41, 5.74) is -0.607. The molecular formula is C25H35FN4O5. The standard InChI is InChI=1S/C25H35FN4O5/c1-17(2)29-22-16-21(27-18-9-4-3-5-10-18)20(26)15-19(22)24(34)30(25(29)35)28(12-6-7-14-31)13-8-11-23(32)33/h14-18,27H,3-13H2,1-2H3,(H,32,33). The van der Waals surface area contributed by atoms with E-state index in [-0.39, 0.29) is 55.5 Å². The molecule has 1 aliphatic carbocycles. The Kier molecular flexibility index (Phi) is 9.06. The number of halogens is 1. The minimum Gasteiger partial charge on any atom is -0.481 e. The molecule has 0 amide bonds. The fourth-order valence-corrected chi connectivity index (χ4v) is 4.75. The number of hydrogen-bond donors (Lipinski definition) is 2. The molecule has 192 valence electrons. The Bertz CT molecular complexity index is 1170. The molecule has 10 heteroatoms. The van der Waals surface area contributed by atoms with E-state index in [4.69, 9.17) is 5.11 Å². The molecule has 0 unspecified atom stereocenters. The van der Waals surface area contributed by atoms with Crippen molar-refractivity contribution in [3.8, 4) is 0 Å². The van der Waals surface area contributed by atoms with Crippen LogP contribution in [0.15, 0.2) is 21.7 Å². The normalized spacial score (nSPS) is 14.4. The number of rotatable bonds is 12. The highest BCUT2D eigenvalue weighted by molar-refractivity contribution is 5.82. The molecule has 9 nitrogen and oxygen atoms in total. The van der Waals surface area contributed by atoms with Crippen molar-refractivity contribution < 1.29 is 19.1 Å². The largest absolute Gasteiger partial charge is 0.481 e. The van der Waals surface area contributed by atoms with Crippen LogP contribution in [0.4, 0.5) is 10.1 Å². The molecular weight excluding hydrogens is 455 g/mol. The molecule has 0 spiro atoms. The van der Waals surface area contributed by atoms with E-state index in [2.05, 4.69) is 5.32 Å². The zero-order valence-corrected chi connectivity index (χ0v) is 20.5. The second-order valence-corrected chi connectivity index (χ2v) is 9.45. The van der Waals surface area contributed by atoms with Crippen molar-refractivity contribution in [2.45, 2.75) is 83.7 Å². The van der Waals surface area contributed by atoms with Crippen LogP contribution >= 0.6 is 0 Å². The third kappa shape index (κ3) is 6.29. The van der Waals surface area contributed by atoms with Gasteiger partial charge in [0.15, 0.2) is 0 Å². The fraction of sp³-hybridized carbons (Fsp3) is 0.600. The second-order valence-electron chi connectivity index (χ2n) is 9.45. The lowest BCUT2D eigenvalue weighted by Gasteiger charge is -2.28. The first-order valence-electron chi connectivity index (χ1n) is 12.4. The van der Waals surface area contributed by atoms with E-state index >= 15 is 4.39 Å². The smallest absolute Gasteiger partial charge is 0.350 e. The number of carboxylic acids is 1. The summed E-state index contributed by atoms with van der Waals surface area (Å²) in [5, 5.41) is 13.8. The molecule has 3 rings (SSSR count). The van der Waals surface area contributed by atoms with E-state index in [1.165, 1.54) is 22.1 Å². The number of carboxylic acid groups (broad SMARTS) is 1. The number of unbranched alkanes of at least 4 members (excludes halogenated alkanes) is 1. The lowest BCUT2D eigenvalue weighted by atomic mass is 9.95. The molecule has 1 fully saturated rings. The zero-order chi connectivity index (χ0) is 25.5. The van der Waals surface area contributed by atoms with E-state index < -0.39 is 23.0 Å². The van der Waals surface area contributed by atoms with E-state index in [0.717, 1.165) is 36.6 Å². The van der Waals surface area contributed by atoms with Crippen molar-refractivity contribution >= 4 is 28.8 Å². The van der Waals surface area contributed by atoms with E-state index in [1.807, 2.05) is 13.8 Å². The third-order valence-corrected chi connectivity index (χ3v) is 6.46. The predicted octanol–water partition coefficient (Wildman–Crippen LogP) is 3.41. The fourth-order valence-electron chi connectivity index (χ4n) is 4.75. The molecule has 1 heterocycles. The quantitative estimate of drug-likeness (QED) is 0.346. The van der Waals surface area contributed by atoms with Gasteiger partial charge in [-0.15, -0.1) is 0 Å². The monoisotopic (exact) mass is 490 g/mol. The highest BCUT2D eigenvalue weighted by Crippen LogP contribution is 2.26. The van der Waals surface area contributed by atoms with Crippen LogP contribution in [0.3, 0.4) is 0 Å². The van der Waals surface area contributed by atoms with Gasteiger partial charge in [-0.05, 0) is 51.7 Å². The molecule has 0 saturated heterocycles. The topological polar surface area (TPSA) is 114 Å². The lowest BCUT2D eigenvalue weighted by molar-refractivity contribution is -0.137. The number of aldehydes is 1. The van der Waals surface area contributed by atoms with Crippen LogP contribution in [0.25, 0.3) is 10.9 Å². The zero-order valence-electron chi connectivity index (χ0n) is 20.5. The summed E-state index contributed by atoms with van der Waals surface area (Å²) in [6.45, 7) is 3.97. The first kappa shape index (κ1) is 26.4. The predicted molar refractivity (Wildman–Crippen MR) is 133 cm³/mol. The van der Waals surface area contributed by atoms with Gasteiger partial charge in [0.2, 0.25) is 0 Å². The van der Waals surface area contributed by atoms with Crippen LogP contribution < -0.4 is 21.6 Å². The molecule has 1 saturated carbocycles. The molecule has 1 aliphatic rings. The Balaban J connectivity index is 2.11.